The van der Waals surface area contributed by atoms with E-state index in [2.05, 4.69) is 20.8 Å². The van der Waals surface area contributed by atoms with E-state index >= 15 is 0 Å². The van der Waals surface area contributed by atoms with Crippen LogP contribution in [0, 0.1) is 0 Å². The molecule has 0 aliphatic carbocycles. The highest BCUT2D eigenvalue weighted by molar-refractivity contribution is 8.13. The van der Waals surface area contributed by atoms with Crippen LogP contribution in [0.4, 0.5) is 26.3 Å². The summed E-state index contributed by atoms with van der Waals surface area (Å²) < 4.78 is 115. The Balaban J connectivity index is 0. The van der Waals surface area contributed by atoms with Crippen molar-refractivity contribution in [2.45, 2.75) is 51.1 Å². The van der Waals surface area contributed by atoms with Crippen LogP contribution in [0.3, 0.4) is 0 Å². The standard InChI is InChI=1S/C11H26OP.C2F6NO4S2/c1-5-8-13(9-6-2,10-7-3)11-12-4;3-1(4,5)14(10,11)9-15(12,13)2(6,7)8/h5-11H2,1-4H3;/q+1;-1. The fourth-order valence-corrected chi connectivity index (χ4v) is 8.60. The largest absolute Gasteiger partial charge is 0.480 e. The number of sulfonamides is 2. The molecule has 0 unspecified atom stereocenters. The predicted octanol–water partition coefficient (Wildman–Crippen LogP) is 4.90. The van der Waals surface area contributed by atoms with Gasteiger partial charge in [-0.1, -0.05) is 20.8 Å². The maximum absolute atomic E-state index is 11.4. The third kappa shape index (κ3) is 10.0. The van der Waals surface area contributed by atoms with Crippen LogP contribution in [-0.2, 0) is 24.8 Å². The highest BCUT2D eigenvalue weighted by Crippen LogP contribution is 2.59. The summed E-state index contributed by atoms with van der Waals surface area (Å²) >= 11 is 0. The lowest BCUT2D eigenvalue weighted by atomic mass is 10.6. The Labute approximate surface area is 162 Å². The topological polar surface area (TPSA) is 91.6 Å². The van der Waals surface area contributed by atoms with E-state index in [1.807, 2.05) is 7.11 Å². The molecule has 0 rings (SSSR count). The van der Waals surface area contributed by atoms with E-state index in [-0.39, 0.29) is 0 Å². The third-order valence-corrected chi connectivity index (χ3v) is 11.0. The van der Waals surface area contributed by atoms with Gasteiger partial charge in [-0.3, -0.25) is 0 Å². The molecule has 0 aromatic rings. The van der Waals surface area contributed by atoms with Gasteiger partial charge in [0.25, 0.3) is 0 Å². The Kier molecular flexibility index (Phi) is 12.7. The summed E-state index contributed by atoms with van der Waals surface area (Å²) in [6.45, 7) is 6.90. The van der Waals surface area contributed by atoms with Crippen molar-refractivity contribution >= 4 is 27.3 Å². The van der Waals surface area contributed by atoms with Crippen molar-refractivity contribution in [1.29, 1.82) is 0 Å². The second kappa shape index (κ2) is 11.9. The molecule has 0 saturated heterocycles. The molecule has 0 aliphatic rings. The molecule has 0 saturated carbocycles. The molecule has 172 valence electrons. The van der Waals surface area contributed by atoms with Crippen molar-refractivity contribution in [3.05, 3.63) is 4.13 Å². The molecule has 0 aromatic heterocycles. The van der Waals surface area contributed by atoms with Crippen LogP contribution in [-0.4, -0.2) is 59.8 Å². The van der Waals surface area contributed by atoms with Gasteiger partial charge in [-0.15, -0.1) is 0 Å². The van der Waals surface area contributed by atoms with Crippen LogP contribution in [0.5, 0.6) is 0 Å². The summed E-state index contributed by atoms with van der Waals surface area (Å²) in [6, 6.07) is 0. The number of methoxy groups -OCH3 is 1. The third-order valence-electron chi connectivity index (χ3n) is 3.28. The molecule has 0 aliphatic heterocycles. The minimum atomic E-state index is -6.72. The lowest BCUT2D eigenvalue weighted by Crippen LogP contribution is -2.30. The Bertz CT molecular complexity index is 578. The van der Waals surface area contributed by atoms with Gasteiger partial charge in [0.15, 0.2) is 26.4 Å². The van der Waals surface area contributed by atoms with Crippen molar-refractivity contribution in [3.63, 3.8) is 0 Å². The van der Waals surface area contributed by atoms with Crippen LogP contribution < -0.4 is 0 Å². The number of halogens is 6. The lowest BCUT2D eigenvalue weighted by Gasteiger charge is -2.25. The fourth-order valence-electron chi connectivity index (χ4n) is 2.44. The van der Waals surface area contributed by atoms with E-state index in [0.29, 0.717) is 0 Å². The van der Waals surface area contributed by atoms with Gasteiger partial charge in [0, 0.05) is 14.4 Å². The van der Waals surface area contributed by atoms with Crippen molar-refractivity contribution in [2.24, 2.45) is 0 Å². The molecule has 0 atom stereocenters. The molecule has 0 aromatic carbocycles. The average Bonchev–Trinajstić information content (AvgIpc) is 2.45. The molecule has 0 heterocycles. The van der Waals surface area contributed by atoms with Gasteiger partial charge >= 0.3 is 11.0 Å². The van der Waals surface area contributed by atoms with E-state index in [4.69, 9.17) is 4.74 Å². The minimum Gasteiger partial charge on any atom is -0.421 e. The average molecular weight is 485 g/mol. The lowest BCUT2D eigenvalue weighted by molar-refractivity contribution is -0.0444. The molecule has 0 spiro atoms. The molecule has 0 fully saturated rings. The second-order valence-electron chi connectivity index (χ2n) is 5.85. The number of nitrogens with zero attached hydrogens (tertiary/aromatic N) is 1. The van der Waals surface area contributed by atoms with Gasteiger partial charge in [0.1, 0.15) is 0 Å². The maximum Gasteiger partial charge on any atom is 0.480 e. The first-order valence-corrected chi connectivity index (χ1v) is 13.6. The van der Waals surface area contributed by atoms with E-state index in [1.165, 1.54) is 37.7 Å². The normalized spacial score (nSPS) is 13.8. The molecule has 0 bridgehead atoms. The summed E-state index contributed by atoms with van der Waals surface area (Å²) in [7, 11) is -12.3. The number of ether oxygens (including phenoxy) is 1. The Morgan fingerprint density at radius 1 is 0.750 bits per heavy atom. The maximum atomic E-state index is 11.4. The molecule has 0 N–H and O–H groups in total. The first-order valence-electron chi connectivity index (χ1n) is 8.16. The van der Waals surface area contributed by atoms with Crippen LogP contribution >= 0.6 is 7.26 Å². The van der Waals surface area contributed by atoms with Gasteiger partial charge in [-0.05, 0) is 19.3 Å². The molecule has 15 heteroatoms. The van der Waals surface area contributed by atoms with Gasteiger partial charge in [-0.25, -0.2) is 16.8 Å². The smallest absolute Gasteiger partial charge is 0.421 e. The van der Waals surface area contributed by atoms with E-state index in [1.54, 1.807) is 0 Å². The zero-order valence-electron chi connectivity index (χ0n) is 16.0. The number of hydrogen-bond acceptors (Lipinski definition) is 5. The summed E-state index contributed by atoms with van der Waals surface area (Å²) in [5, 5.41) is 0. The van der Waals surface area contributed by atoms with Crippen molar-refractivity contribution in [3.8, 4) is 0 Å². The van der Waals surface area contributed by atoms with E-state index < -0.39 is 38.3 Å². The van der Waals surface area contributed by atoms with Crippen LogP contribution in [0.2, 0.25) is 0 Å². The highest BCUT2D eigenvalue weighted by Gasteiger charge is 2.46. The van der Waals surface area contributed by atoms with Gasteiger partial charge in [0.2, 0.25) is 0 Å². The summed E-state index contributed by atoms with van der Waals surface area (Å²) in [5.74, 6) is 0. The Hall–Kier alpha value is -0.170. The zero-order chi connectivity index (χ0) is 22.9. The van der Waals surface area contributed by atoms with Crippen molar-refractivity contribution in [2.75, 3.05) is 31.9 Å². The number of rotatable bonds is 10. The molecule has 0 amide bonds. The van der Waals surface area contributed by atoms with E-state index in [0.717, 1.165) is 10.5 Å². The SMILES string of the molecule is CCC[P+](CCC)(CCC)COC.O=S(=O)([N-]S(=O)(=O)C(F)(F)F)C(F)(F)F. The minimum absolute atomic E-state index is 0.718. The molecular weight excluding hydrogens is 459 g/mol. The van der Waals surface area contributed by atoms with Crippen LogP contribution in [0.1, 0.15) is 40.0 Å². The second-order valence-corrected chi connectivity index (χ2v) is 13.6. The van der Waals surface area contributed by atoms with E-state index in [9.17, 15) is 43.2 Å². The fraction of sp³-hybridized carbons (Fsp3) is 1.00. The molecule has 0 radical (unpaired) electrons. The van der Waals surface area contributed by atoms with Gasteiger partial charge in [0.05, 0.1) is 18.5 Å². The van der Waals surface area contributed by atoms with Gasteiger partial charge in [-0.2, -0.15) is 26.3 Å². The Morgan fingerprint density at radius 2 is 1.04 bits per heavy atom. The molecule has 28 heavy (non-hydrogen) atoms. The summed E-state index contributed by atoms with van der Waals surface area (Å²) in [6.07, 6.45) is 9.35. The predicted molar refractivity (Wildman–Crippen MR) is 97.6 cm³/mol. The highest BCUT2D eigenvalue weighted by atomic mass is 32.3. The summed E-state index contributed by atoms with van der Waals surface area (Å²) in [5.41, 5.74) is -12.4. The zero-order valence-corrected chi connectivity index (χ0v) is 18.5. The first-order chi connectivity index (χ1) is 12.4. The number of alkyl halides is 6. The summed E-state index contributed by atoms with van der Waals surface area (Å²) in [4.78, 5) is 0. The quantitative estimate of drug-likeness (QED) is 0.324. The molecular formula is C13H26F6NO5PS2. The first kappa shape index (κ1) is 30.0. The monoisotopic (exact) mass is 485 g/mol. The Morgan fingerprint density at radius 3 is 1.21 bits per heavy atom. The van der Waals surface area contributed by atoms with Crippen molar-refractivity contribution in [1.82, 2.24) is 0 Å². The number of hydrogen-bond donors (Lipinski definition) is 0. The van der Waals surface area contributed by atoms with Crippen LogP contribution in [0.15, 0.2) is 0 Å². The van der Waals surface area contributed by atoms with Crippen molar-refractivity contribution < 1.29 is 47.9 Å². The van der Waals surface area contributed by atoms with Gasteiger partial charge < -0.3 is 8.86 Å². The molecule has 6 nitrogen and oxygen atoms in total. The van der Waals surface area contributed by atoms with Crippen LogP contribution in [0.25, 0.3) is 4.13 Å².